The fourth-order valence-corrected chi connectivity index (χ4v) is 7.30. The zero-order valence-corrected chi connectivity index (χ0v) is 26.5. The lowest BCUT2D eigenvalue weighted by Gasteiger charge is -2.43. The number of halogens is 2. The van der Waals surface area contributed by atoms with E-state index in [2.05, 4.69) is 16.0 Å². The van der Waals surface area contributed by atoms with Gasteiger partial charge in [-0.25, -0.2) is 8.78 Å². The summed E-state index contributed by atoms with van der Waals surface area (Å²) >= 11 is 2.13. The minimum Gasteiger partial charge on any atom is -0.494 e. The SMILES string of the molecule is COc1cc2sc(C(=O)CCC(=O)O)cc2c(F)c1NCC1(CNc2c(OC)cc3sc(C(=O)CCC(=O)O)cc3c2F)CNC1. The highest BCUT2D eigenvalue weighted by Crippen LogP contribution is 2.41. The third-order valence-corrected chi connectivity index (χ3v) is 10.1. The van der Waals surface area contributed by atoms with E-state index in [9.17, 15) is 19.2 Å². The van der Waals surface area contributed by atoms with Gasteiger partial charge in [-0.05, 0) is 12.1 Å². The van der Waals surface area contributed by atoms with Gasteiger partial charge in [0.1, 0.15) is 22.9 Å². The summed E-state index contributed by atoms with van der Waals surface area (Å²) in [4.78, 5) is 47.2. The number of thiophene rings is 2. The van der Waals surface area contributed by atoms with Gasteiger partial charge in [0.15, 0.2) is 23.2 Å². The molecule has 0 atom stereocenters. The first kappa shape index (κ1) is 33.0. The number of nitrogens with one attached hydrogen (secondary N) is 3. The minimum absolute atomic E-state index is 0.104. The van der Waals surface area contributed by atoms with Crippen LogP contribution in [0.4, 0.5) is 20.2 Å². The predicted molar refractivity (Wildman–Crippen MR) is 171 cm³/mol. The number of methoxy groups -OCH3 is 2. The molecular formula is C31H31F2N3O8S2. The second-order valence-electron chi connectivity index (χ2n) is 11.0. The summed E-state index contributed by atoms with van der Waals surface area (Å²) in [6, 6.07) is 6.10. The first-order chi connectivity index (χ1) is 21.9. The van der Waals surface area contributed by atoms with Crippen molar-refractivity contribution < 1.29 is 47.6 Å². The van der Waals surface area contributed by atoms with Crippen LogP contribution in [-0.2, 0) is 9.59 Å². The molecule has 2 aromatic carbocycles. The Morgan fingerprint density at radius 3 is 1.50 bits per heavy atom. The van der Waals surface area contributed by atoms with Crippen LogP contribution in [0.2, 0.25) is 0 Å². The van der Waals surface area contributed by atoms with Crippen LogP contribution in [0.3, 0.4) is 0 Å². The van der Waals surface area contributed by atoms with Crippen LogP contribution >= 0.6 is 22.7 Å². The molecule has 1 fully saturated rings. The van der Waals surface area contributed by atoms with Crippen molar-refractivity contribution in [2.24, 2.45) is 5.41 Å². The van der Waals surface area contributed by atoms with Gasteiger partial charge >= 0.3 is 11.9 Å². The van der Waals surface area contributed by atoms with Gasteiger partial charge in [-0.1, -0.05) is 0 Å². The summed E-state index contributed by atoms with van der Waals surface area (Å²) in [6.45, 7) is 1.61. The number of carbonyl (C=O) groups excluding carboxylic acids is 2. The second-order valence-corrected chi connectivity index (χ2v) is 13.2. The minimum atomic E-state index is -1.09. The maximum absolute atomic E-state index is 15.8. The maximum Gasteiger partial charge on any atom is 0.303 e. The van der Waals surface area contributed by atoms with E-state index in [1.807, 2.05) is 0 Å². The van der Waals surface area contributed by atoms with Crippen molar-refractivity contribution in [1.29, 1.82) is 0 Å². The molecule has 5 rings (SSSR count). The third kappa shape index (κ3) is 6.76. The molecule has 1 saturated heterocycles. The van der Waals surface area contributed by atoms with E-state index in [-0.39, 0.29) is 93.7 Å². The zero-order chi connectivity index (χ0) is 33.2. The number of rotatable bonds is 16. The van der Waals surface area contributed by atoms with Crippen molar-refractivity contribution in [3.8, 4) is 11.5 Å². The molecule has 0 bridgehead atoms. The summed E-state index contributed by atoms with van der Waals surface area (Å²) in [5.74, 6) is -3.70. The summed E-state index contributed by atoms with van der Waals surface area (Å²) < 4.78 is 43.5. The Labute approximate surface area is 269 Å². The highest BCUT2D eigenvalue weighted by atomic mass is 32.1. The lowest BCUT2D eigenvalue weighted by Crippen LogP contribution is -2.60. The Hall–Kier alpha value is -4.34. The topological polar surface area (TPSA) is 163 Å². The van der Waals surface area contributed by atoms with Gasteiger partial charge in [0.05, 0.1) is 36.8 Å². The Morgan fingerprint density at radius 1 is 0.761 bits per heavy atom. The van der Waals surface area contributed by atoms with Crippen LogP contribution in [0.15, 0.2) is 24.3 Å². The van der Waals surface area contributed by atoms with E-state index in [1.165, 1.54) is 26.4 Å². The molecule has 0 unspecified atom stereocenters. The summed E-state index contributed by atoms with van der Waals surface area (Å²) in [7, 11) is 2.81. The number of ether oxygens (including phenoxy) is 2. The molecule has 15 heteroatoms. The van der Waals surface area contributed by atoms with Gasteiger partial charge in [-0.2, -0.15) is 0 Å². The standard InChI is InChI=1S/C31H31F2N3O8S2/c1-43-19-9-21-15(7-23(45-21)17(37)3-5-25(39)40)27(32)29(19)35-13-31(11-34-12-31)14-36-30-20(44-2)10-22-16(28(30)33)8-24(46-22)18(38)4-6-26(41)42/h7-10,34-36H,3-6,11-14H2,1-2H3,(H,39,40)(H,41,42). The molecule has 2 aromatic heterocycles. The van der Waals surface area contributed by atoms with E-state index < -0.39 is 29.0 Å². The zero-order valence-electron chi connectivity index (χ0n) is 24.9. The number of carboxylic acids is 2. The van der Waals surface area contributed by atoms with Gasteiger partial charge in [0, 0.05) is 76.7 Å². The number of Topliss-reactive ketones (excluding diaryl/α,β-unsaturated/α-hetero) is 2. The van der Waals surface area contributed by atoms with Crippen molar-refractivity contribution in [2.45, 2.75) is 25.7 Å². The second kappa shape index (κ2) is 13.6. The lowest BCUT2D eigenvalue weighted by molar-refractivity contribution is -0.137. The molecule has 0 amide bonds. The fourth-order valence-electron chi connectivity index (χ4n) is 5.19. The molecule has 5 N–H and O–H groups in total. The van der Waals surface area contributed by atoms with E-state index in [0.717, 1.165) is 22.7 Å². The first-order valence-electron chi connectivity index (χ1n) is 14.2. The Morgan fingerprint density at radius 2 is 1.17 bits per heavy atom. The maximum atomic E-state index is 15.8. The number of ketones is 2. The molecule has 0 aliphatic carbocycles. The molecule has 0 spiro atoms. The van der Waals surface area contributed by atoms with Crippen LogP contribution in [0.1, 0.15) is 45.0 Å². The van der Waals surface area contributed by atoms with Crippen LogP contribution < -0.4 is 25.4 Å². The Bertz CT molecular complexity index is 1720. The molecule has 0 saturated carbocycles. The van der Waals surface area contributed by atoms with E-state index in [4.69, 9.17) is 19.7 Å². The largest absolute Gasteiger partial charge is 0.494 e. The Balaban J connectivity index is 1.34. The van der Waals surface area contributed by atoms with Gasteiger partial charge in [0.2, 0.25) is 0 Å². The van der Waals surface area contributed by atoms with Crippen LogP contribution in [0.5, 0.6) is 11.5 Å². The van der Waals surface area contributed by atoms with Gasteiger partial charge in [-0.3, -0.25) is 19.2 Å². The Kier molecular flexibility index (Phi) is 9.74. The number of hydrogen-bond donors (Lipinski definition) is 5. The smallest absolute Gasteiger partial charge is 0.303 e. The normalized spacial score (nSPS) is 13.7. The first-order valence-corrected chi connectivity index (χ1v) is 15.9. The predicted octanol–water partition coefficient (Wildman–Crippen LogP) is 5.62. The van der Waals surface area contributed by atoms with Crippen LogP contribution in [0, 0.1) is 17.0 Å². The molecule has 0 radical (unpaired) electrons. The monoisotopic (exact) mass is 675 g/mol. The van der Waals surface area contributed by atoms with Gasteiger partial charge in [-0.15, -0.1) is 22.7 Å². The molecule has 1 aliphatic heterocycles. The van der Waals surface area contributed by atoms with Crippen molar-refractivity contribution in [2.75, 3.05) is 51.0 Å². The van der Waals surface area contributed by atoms with Gasteiger partial charge < -0.3 is 35.6 Å². The number of aliphatic carboxylic acids is 2. The molecule has 4 aromatic rings. The quantitative estimate of drug-likeness (QED) is 0.0937. The van der Waals surface area contributed by atoms with E-state index in [1.54, 1.807) is 12.1 Å². The fraction of sp³-hybridized carbons (Fsp3) is 0.355. The number of hydrogen-bond acceptors (Lipinski definition) is 11. The van der Waals surface area contributed by atoms with Crippen molar-refractivity contribution in [1.82, 2.24) is 5.32 Å². The number of fused-ring (bicyclic) bond motifs is 2. The number of benzene rings is 2. The van der Waals surface area contributed by atoms with E-state index in [0.29, 0.717) is 22.5 Å². The summed E-state index contributed by atoms with van der Waals surface area (Å²) in [5, 5.41) is 27.7. The summed E-state index contributed by atoms with van der Waals surface area (Å²) in [5.41, 5.74) is -0.266. The average molecular weight is 676 g/mol. The number of anilines is 2. The molecule has 3 heterocycles. The molecule has 244 valence electrons. The van der Waals surface area contributed by atoms with Crippen molar-refractivity contribution in [3.63, 3.8) is 0 Å². The lowest BCUT2D eigenvalue weighted by atomic mass is 9.81. The van der Waals surface area contributed by atoms with E-state index >= 15 is 8.78 Å². The summed E-state index contributed by atoms with van der Waals surface area (Å²) in [6.07, 6.45) is -1.01. The molecule has 11 nitrogen and oxygen atoms in total. The molecule has 46 heavy (non-hydrogen) atoms. The number of carboxylic acid groups (broad SMARTS) is 2. The van der Waals surface area contributed by atoms with Crippen LogP contribution in [0.25, 0.3) is 20.2 Å². The molecule has 1 aliphatic rings. The van der Waals surface area contributed by atoms with Gasteiger partial charge in [0.25, 0.3) is 0 Å². The third-order valence-electron chi connectivity index (χ3n) is 7.85. The highest BCUT2D eigenvalue weighted by molar-refractivity contribution is 7.21. The number of carbonyl (C=O) groups is 4. The average Bonchev–Trinajstić information content (AvgIpc) is 3.64. The highest BCUT2D eigenvalue weighted by Gasteiger charge is 2.38. The van der Waals surface area contributed by atoms with Crippen LogP contribution in [-0.4, -0.2) is 74.1 Å². The van der Waals surface area contributed by atoms with Crippen molar-refractivity contribution >= 4 is 77.7 Å². The van der Waals surface area contributed by atoms with Crippen molar-refractivity contribution in [3.05, 3.63) is 45.7 Å². The molecular weight excluding hydrogens is 644 g/mol.